The fourth-order valence-corrected chi connectivity index (χ4v) is 2.36. The van der Waals surface area contributed by atoms with Crippen molar-refractivity contribution >= 4 is 0 Å². The summed E-state index contributed by atoms with van der Waals surface area (Å²) in [6.07, 6.45) is 7.25. The van der Waals surface area contributed by atoms with Crippen LogP contribution in [-0.2, 0) is 0 Å². The molecule has 0 saturated heterocycles. The minimum absolute atomic E-state index is 0.750. The van der Waals surface area contributed by atoms with Gasteiger partial charge in [0.25, 0.3) is 0 Å². The van der Waals surface area contributed by atoms with Crippen LogP contribution in [0.3, 0.4) is 0 Å². The zero-order chi connectivity index (χ0) is 12.8. The first-order valence-corrected chi connectivity index (χ1v) is 7.19. The number of hydrogen-bond donors (Lipinski definition) is 1. The third kappa shape index (κ3) is 4.30. The molecule has 2 atom stereocenters. The lowest BCUT2D eigenvalue weighted by atomic mass is 10.1. The molecule has 1 heteroatoms. The Labute approximate surface area is 111 Å². The summed E-state index contributed by atoms with van der Waals surface area (Å²) >= 11 is 0. The second-order valence-corrected chi connectivity index (χ2v) is 5.73. The van der Waals surface area contributed by atoms with Crippen molar-refractivity contribution in [3.05, 3.63) is 48.0 Å². The van der Waals surface area contributed by atoms with Crippen molar-refractivity contribution in [2.45, 2.75) is 32.6 Å². The van der Waals surface area contributed by atoms with Crippen LogP contribution in [0.15, 0.2) is 42.5 Å². The Kier molecular flexibility index (Phi) is 5.00. The highest BCUT2D eigenvalue weighted by atomic mass is 14.8. The number of rotatable bonds is 7. The van der Waals surface area contributed by atoms with Gasteiger partial charge in [-0.3, -0.25) is 0 Å². The van der Waals surface area contributed by atoms with Crippen molar-refractivity contribution in [3.63, 3.8) is 0 Å². The van der Waals surface area contributed by atoms with E-state index in [-0.39, 0.29) is 0 Å². The molecule has 0 bridgehead atoms. The molecule has 0 spiro atoms. The standard InChI is InChI=1S/C17H25N/c1-14(2)13-18-11-7-6-10-16-12-17(16)15-8-4-3-5-9-15/h3-6,8-10,14,16-18H,7,11-13H2,1-2H3/b10-6+. The number of nitrogens with one attached hydrogen (secondary N) is 1. The van der Waals surface area contributed by atoms with Crippen LogP contribution >= 0.6 is 0 Å². The van der Waals surface area contributed by atoms with Gasteiger partial charge in [0, 0.05) is 0 Å². The second-order valence-electron chi connectivity index (χ2n) is 5.73. The lowest BCUT2D eigenvalue weighted by molar-refractivity contribution is 0.556. The molecule has 2 rings (SSSR count). The first-order chi connectivity index (χ1) is 8.77. The van der Waals surface area contributed by atoms with Gasteiger partial charge in [0.05, 0.1) is 0 Å². The van der Waals surface area contributed by atoms with Crippen LogP contribution < -0.4 is 5.32 Å². The third-order valence-corrected chi connectivity index (χ3v) is 3.49. The topological polar surface area (TPSA) is 12.0 Å². The maximum Gasteiger partial charge on any atom is -0.00142 e. The molecule has 1 aromatic rings. The fourth-order valence-electron chi connectivity index (χ4n) is 2.36. The van der Waals surface area contributed by atoms with E-state index in [0.717, 1.165) is 37.3 Å². The third-order valence-electron chi connectivity index (χ3n) is 3.49. The van der Waals surface area contributed by atoms with E-state index in [0.29, 0.717) is 0 Å². The monoisotopic (exact) mass is 243 g/mol. The molecule has 98 valence electrons. The zero-order valence-electron chi connectivity index (χ0n) is 11.6. The Balaban J connectivity index is 1.61. The average molecular weight is 243 g/mol. The largest absolute Gasteiger partial charge is 0.316 e. The highest BCUT2D eigenvalue weighted by Crippen LogP contribution is 2.48. The molecule has 1 fully saturated rings. The molecule has 1 aliphatic carbocycles. The minimum atomic E-state index is 0.750. The normalized spacial score (nSPS) is 22.8. The summed E-state index contributed by atoms with van der Waals surface area (Å²) in [6, 6.07) is 10.9. The van der Waals surface area contributed by atoms with Gasteiger partial charge in [-0.15, -0.1) is 0 Å². The van der Waals surface area contributed by atoms with Crippen LogP contribution in [0, 0.1) is 11.8 Å². The number of hydrogen-bond acceptors (Lipinski definition) is 1. The molecule has 1 saturated carbocycles. The number of benzene rings is 1. The SMILES string of the molecule is CC(C)CNCC/C=C/C1CC1c1ccccc1. The van der Waals surface area contributed by atoms with Crippen LogP contribution in [0.5, 0.6) is 0 Å². The van der Waals surface area contributed by atoms with Gasteiger partial charge < -0.3 is 5.32 Å². The molecule has 1 aliphatic rings. The molecule has 0 aromatic heterocycles. The predicted molar refractivity (Wildman–Crippen MR) is 78.8 cm³/mol. The van der Waals surface area contributed by atoms with Crippen molar-refractivity contribution < 1.29 is 0 Å². The van der Waals surface area contributed by atoms with Crippen LogP contribution in [0.25, 0.3) is 0 Å². The molecule has 0 aliphatic heterocycles. The highest BCUT2D eigenvalue weighted by molar-refractivity contribution is 5.28. The van der Waals surface area contributed by atoms with E-state index in [1.54, 1.807) is 0 Å². The van der Waals surface area contributed by atoms with Crippen LogP contribution in [-0.4, -0.2) is 13.1 Å². The summed E-state index contributed by atoms with van der Waals surface area (Å²) in [5, 5.41) is 3.47. The Hall–Kier alpha value is -1.08. The van der Waals surface area contributed by atoms with E-state index >= 15 is 0 Å². The van der Waals surface area contributed by atoms with E-state index in [1.807, 2.05) is 0 Å². The summed E-state index contributed by atoms with van der Waals surface area (Å²) in [5.74, 6) is 2.32. The second kappa shape index (κ2) is 6.75. The average Bonchev–Trinajstić information content (AvgIpc) is 3.14. The van der Waals surface area contributed by atoms with Gasteiger partial charge in [-0.05, 0) is 49.2 Å². The lowest BCUT2D eigenvalue weighted by Gasteiger charge is -2.04. The van der Waals surface area contributed by atoms with Gasteiger partial charge in [-0.25, -0.2) is 0 Å². The van der Waals surface area contributed by atoms with Gasteiger partial charge in [0.1, 0.15) is 0 Å². The summed E-state index contributed by atoms with van der Waals surface area (Å²) < 4.78 is 0. The quantitative estimate of drug-likeness (QED) is 0.564. The summed E-state index contributed by atoms with van der Waals surface area (Å²) in [4.78, 5) is 0. The van der Waals surface area contributed by atoms with Gasteiger partial charge in [-0.2, -0.15) is 0 Å². The van der Waals surface area contributed by atoms with Crippen molar-refractivity contribution in [3.8, 4) is 0 Å². The molecule has 18 heavy (non-hydrogen) atoms. The molecule has 0 heterocycles. The smallest absolute Gasteiger partial charge is 0.00142 e. The van der Waals surface area contributed by atoms with Crippen molar-refractivity contribution in [2.24, 2.45) is 11.8 Å². The van der Waals surface area contributed by atoms with Gasteiger partial charge in [0.2, 0.25) is 0 Å². The van der Waals surface area contributed by atoms with Crippen LogP contribution in [0.2, 0.25) is 0 Å². The fraction of sp³-hybridized carbons (Fsp3) is 0.529. The minimum Gasteiger partial charge on any atom is -0.316 e. The summed E-state index contributed by atoms with van der Waals surface area (Å²) in [5.41, 5.74) is 1.50. The Morgan fingerprint density at radius 1 is 1.28 bits per heavy atom. The Morgan fingerprint density at radius 3 is 2.78 bits per heavy atom. The Morgan fingerprint density at radius 2 is 2.06 bits per heavy atom. The molecule has 1 aromatic carbocycles. The van der Waals surface area contributed by atoms with E-state index in [9.17, 15) is 0 Å². The maximum absolute atomic E-state index is 3.47. The van der Waals surface area contributed by atoms with Crippen molar-refractivity contribution in [1.82, 2.24) is 5.32 Å². The predicted octanol–water partition coefficient (Wildman–Crippen LogP) is 3.98. The van der Waals surface area contributed by atoms with Gasteiger partial charge in [0.15, 0.2) is 0 Å². The van der Waals surface area contributed by atoms with E-state index < -0.39 is 0 Å². The molecule has 1 N–H and O–H groups in total. The molecular formula is C17H25N. The first kappa shape index (κ1) is 13.4. The molecular weight excluding hydrogens is 218 g/mol. The van der Waals surface area contributed by atoms with E-state index in [2.05, 4.69) is 61.6 Å². The van der Waals surface area contributed by atoms with E-state index in [1.165, 1.54) is 12.0 Å². The zero-order valence-corrected chi connectivity index (χ0v) is 11.6. The lowest BCUT2D eigenvalue weighted by Crippen LogP contribution is -2.20. The molecule has 1 nitrogen and oxygen atoms in total. The van der Waals surface area contributed by atoms with Gasteiger partial charge >= 0.3 is 0 Å². The van der Waals surface area contributed by atoms with Crippen molar-refractivity contribution in [1.29, 1.82) is 0 Å². The van der Waals surface area contributed by atoms with Crippen LogP contribution in [0.4, 0.5) is 0 Å². The summed E-state index contributed by atoms with van der Waals surface area (Å²) in [7, 11) is 0. The van der Waals surface area contributed by atoms with E-state index in [4.69, 9.17) is 0 Å². The maximum atomic E-state index is 3.47. The number of allylic oxidation sites excluding steroid dienone is 1. The first-order valence-electron chi connectivity index (χ1n) is 7.19. The molecule has 2 unspecified atom stereocenters. The van der Waals surface area contributed by atoms with Crippen LogP contribution in [0.1, 0.15) is 38.2 Å². The van der Waals surface area contributed by atoms with Gasteiger partial charge in [-0.1, -0.05) is 56.3 Å². The summed E-state index contributed by atoms with van der Waals surface area (Å²) in [6.45, 7) is 6.73. The van der Waals surface area contributed by atoms with Crippen molar-refractivity contribution in [2.75, 3.05) is 13.1 Å². The molecule has 0 amide bonds. The molecule has 0 radical (unpaired) electrons. The Bertz CT molecular complexity index is 366. The highest BCUT2D eigenvalue weighted by Gasteiger charge is 2.35.